The number of furan rings is 1. The minimum atomic E-state index is -0.663. The Morgan fingerprint density at radius 2 is 2.05 bits per heavy atom. The minimum Gasteiger partial charge on any atom is -0.404 e. The first kappa shape index (κ1) is 15.2. The Kier molecular flexibility index (Phi) is 3.93. The average Bonchev–Trinajstić information content (AvgIpc) is 2.95. The summed E-state index contributed by atoms with van der Waals surface area (Å²) in [6, 6.07) is 3.84. The average molecular weight is 307 g/mol. The standard InChI is InChI=1S/C12H13N5O5/c1-13-16(7-8-4-5-11(22-8)17(20)21)9-6-10(18)15(3)12(19)14(9)2/h4-6H,1,7H2,2-3H3. The van der Waals surface area contributed by atoms with E-state index in [0.29, 0.717) is 0 Å². The number of anilines is 1. The van der Waals surface area contributed by atoms with E-state index in [0.717, 1.165) is 4.57 Å². The lowest BCUT2D eigenvalue weighted by atomic mass is 10.4. The predicted octanol–water partition coefficient (Wildman–Crippen LogP) is 0.207. The highest BCUT2D eigenvalue weighted by Crippen LogP contribution is 2.19. The lowest BCUT2D eigenvalue weighted by Crippen LogP contribution is -2.39. The zero-order chi connectivity index (χ0) is 16.4. The summed E-state index contributed by atoms with van der Waals surface area (Å²) in [5, 5.41) is 15.6. The second kappa shape index (κ2) is 5.68. The number of hydrazone groups is 1. The molecule has 0 atom stereocenters. The van der Waals surface area contributed by atoms with E-state index < -0.39 is 22.1 Å². The lowest BCUT2D eigenvalue weighted by Gasteiger charge is -2.19. The number of nitrogens with zero attached hydrogens (tertiary/aromatic N) is 5. The first-order valence-corrected chi connectivity index (χ1v) is 6.09. The van der Waals surface area contributed by atoms with Gasteiger partial charge in [-0.05, 0) is 6.07 Å². The highest BCUT2D eigenvalue weighted by atomic mass is 16.6. The summed E-state index contributed by atoms with van der Waals surface area (Å²) < 4.78 is 7.19. The molecule has 2 heterocycles. The first-order valence-electron chi connectivity index (χ1n) is 6.09. The number of aromatic nitrogens is 2. The summed E-state index contributed by atoms with van der Waals surface area (Å²) >= 11 is 0. The highest BCUT2D eigenvalue weighted by Gasteiger charge is 2.17. The number of hydrogen-bond acceptors (Lipinski definition) is 7. The van der Waals surface area contributed by atoms with Gasteiger partial charge >= 0.3 is 11.6 Å². The fraction of sp³-hybridized carbons (Fsp3) is 0.250. The van der Waals surface area contributed by atoms with Crippen LogP contribution in [0, 0.1) is 10.1 Å². The maximum absolute atomic E-state index is 11.9. The van der Waals surface area contributed by atoms with Gasteiger partial charge in [-0.1, -0.05) is 0 Å². The number of nitro groups is 1. The van der Waals surface area contributed by atoms with Crippen molar-refractivity contribution < 1.29 is 9.34 Å². The maximum Gasteiger partial charge on any atom is 0.433 e. The Labute approximate surface area is 123 Å². The molecule has 0 fully saturated rings. The minimum absolute atomic E-state index is 0.0161. The molecule has 0 radical (unpaired) electrons. The summed E-state index contributed by atoms with van der Waals surface area (Å²) in [5.41, 5.74) is -1.03. The van der Waals surface area contributed by atoms with E-state index in [9.17, 15) is 19.7 Å². The van der Waals surface area contributed by atoms with Gasteiger partial charge in [0.15, 0.2) is 0 Å². The molecule has 0 bridgehead atoms. The smallest absolute Gasteiger partial charge is 0.404 e. The predicted molar refractivity (Wildman–Crippen MR) is 78.0 cm³/mol. The molecule has 0 N–H and O–H groups in total. The molecule has 0 aromatic carbocycles. The normalized spacial score (nSPS) is 10.5. The second-order valence-electron chi connectivity index (χ2n) is 4.44. The van der Waals surface area contributed by atoms with Crippen LogP contribution < -0.4 is 16.3 Å². The monoisotopic (exact) mass is 307 g/mol. The van der Waals surface area contributed by atoms with E-state index in [1.807, 2.05) is 0 Å². The molecular formula is C12H13N5O5. The van der Waals surface area contributed by atoms with Crippen molar-refractivity contribution >= 4 is 18.4 Å². The van der Waals surface area contributed by atoms with Crippen LogP contribution in [0.25, 0.3) is 0 Å². The van der Waals surface area contributed by atoms with Gasteiger partial charge in [0.25, 0.3) is 5.56 Å². The van der Waals surface area contributed by atoms with E-state index in [2.05, 4.69) is 11.8 Å². The third-order valence-electron chi connectivity index (χ3n) is 3.07. The quantitative estimate of drug-likeness (QED) is 0.443. The molecule has 0 unspecified atom stereocenters. The van der Waals surface area contributed by atoms with Crippen molar-refractivity contribution in [3.8, 4) is 0 Å². The Bertz CT molecular complexity index is 846. The van der Waals surface area contributed by atoms with Crippen molar-refractivity contribution in [2.24, 2.45) is 19.2 Å². The van der Waals surface area contributed by atoms with Gasteiger partial charge in [0, 0.05) is 26.9 Å². The molecule has 0 aliphatic heterocycles. The zero-order valence-electron chi connectivity index (χ0n) is 11.9. The van der Waals surface area contributed by atoms with E-state index in [1.54, 1.807) is 0 Å². The van der Waals surface area contributed by atoms with Crippen molar-refractivity contribution in [3.05, 3.63) is 54.9 Å². The summed E-state index contributed by atoms with van der Waals surface area (Å²) in [5.74, 6) is 0.0336. The first-order chi connectivity index (χ1) is 10.3. The van der Waals surface area contributed by atoms with Crippen LogP contribution in [0.1, 0.15) is 5.76 Å². The van der Waals surface area contributed by atoms with Crippen molar-refractivity contribution in [2.45, 2.75) is 6.54 Å². The van der Waals surface area contributed by atoms with Crippen LogP contribution in [0.3, 0.4) is 0 Å². The Morgan fingerprint density at radius 1 is 1.36 bits per heavy atom. The largest absolute Gasteiger partial charge is 0.433 e. The Morgan fingerprint density at radius 3 is 2.59 bits per heavy atom. The summed E-state index contributed by atoms with van der Waals surface area (Å²) in [6.45, 7) is 3.36. The van der Waals surface area contributed by atoms with Crippen LogP contribution in [0.2, 0.25) is 0 Å². The van der Waals surface area contributed by atoms with Crippen molar-refractivity contribution in [1.29, 1.82) is 0 Å². The van der Waals surface area contributed by atoms with Gasteiger partial charge in [0.05, 0.1) is 6.07 Å². The molecule has 22 heavy (non-hydrogen) atoms. The van der Waals surface area contributed by atoms with Crippen LogP contribution in [-0.2, 0) is 20.6 Å². The molecule has 2 aromatic heterocycles. The fourth-order valence-corrected chi connectivity index (χ4v) is 1.87. The molecule has 0 spiro atoms. The third kappa shape index (κ3) is 2.66. The highest BCUT2D eigenvalue weighted by molar-refractivity contribution is 5.41. The third-order valence-corrected chi connectivity index (χ3v) is 3.07. The van der Waals surface area contributed by atoms with E-state index in [-0.39, 0.29) is 18.1 Å². The van der Waals surface area contributed by atoms with Crippen LogP contribution in [0.5, 0.6) is 0 Å². The molecule has 2 rings (SSSR count). The van der Waals surface area contributed by atoms with Gasteiger partial charge in [-0.25, -0.2) is 9.80 Å². The molecule has 0 amide bonds. The van der Waals surface area contributed by atoms with Gasteiger partial charge in [0.2, 0.25) is 0 Å². The fourth-order valence-electron chi connectivity index (χ4n) is 1.87. The molecular weight excluding hydrogens is 294 g/mol. The van der Waals surface area contributed by atoms with Crippen molar-refractivity contribution in [1.82, 2.24) is 9.13 Å². The molecule has 0 aliphatic carbocycles. The maximum atomic E-state index is 11.9. The summed E-state index contributed by atoms with van der Waals surface area (Å²) in [6.07, 6.45) is 0. The van der Waals surface area contributed by atoms with Crippen LogP contribution in [0.15, 0.2) is 37.3 Å². The van der Waals surface area contributed by atoms with Gasteiger partial charge in [-0.3, -0.25) is 24.0 Å². The van der Waals surface area contributed by atoms with Crippen LogP contribution >= 0.6 is 0 Å². The van der Waals surface area contributed by atoms with E-state index in [1.165, 1.54) is 41.9 Å². The van der Waals surface area contributed by atoms with E-state index in [4.69, 9.17) is 4.42 Å². The SMILES string of the molecule is C=NN(Cc1ccc([N+](=O)[O-])o1)c1cc(=O)n(C)c(=O)n1C. The van der Waals surface area contributed by atoms with Gasteiger partial charge in [-0.15, -0.1) is 0 Å². The number of rotatable bonds is 5. The Balaban J connectivity index is 2.40. The van der Waals surface area contributed by atoms with Gasteiger partial charge in [-0.2, -0.15) is 5.10 Å². The molecule has 0 aliphatic rings. The second-order valence-corrected chi connectivity index (χ2v) is 4.44. The lowest BCUT2D eigenvalue weighted by molar-refractivity contribution is -0.402. The molecule has 10 nitrogen and oxygen atoms in total. The van der Waals surface area contributed by atoms with Gasteiger partial charge < -0.3 is 4.42 Å². The topological polar surface area (TPSA) is 116 Å². The molecule has 10 heteroatoms. The summed E-state index contributed by atoms with van der Waals surface area (Å²) in [4.78, 5) is 33.6. The zero-order valence-corrected chi connectivity index (χ0v) is 11.9. The van der Waals surface area contributed by atoms with Crippen molar-refractivity contribution in [3.63, 3.8) is 0 Å². The number of hydrogen-bond donors (Lipinski definition) is 0. The molecule has 0 saturated heterocycles. The van der Waals surface area contributed by atoms with Crippen LogP contribution in [0.4, 0.5) is 11.7 Å². The van der Waals surface area contributed by atoms with Crippen molar-refractivity contribution in [2.75, 3.05) is 5.01 Å². The van der Waals surface area contributed by atoms with Gasteiger partial charge in [0.1, 0.15) is 23.0 Å². The van der Waals surface area contributed by atoms with Crippen LogP contribution in [-0.4, -0.2) is 20.8 Å². The molecule has 116 valence electrons. The molecule has 0 saturated carbocycles. The van der Waals surface area contributed by atoms with E-state index >= 15 is 0 Å². The Hall–Kier alpha value is -3.17. The summed E-state index contributed by atoms with van der Waals surface area (Å²) in [7, 11) is 2.83. The molecule has 2 aromatic rings.